The summed E-state index contributed by atoms with van der Waals surface area (Å²) in [7, 11) is 4.24. The van der Waals surface area contributed by atoms with Gasteiger partial charge in [0.05, 0.1) is 60.8 Å². The predicted octanol–water partition coefficient (Wildman–Crippen LogP) is 3.52. The molecule has 0 unspecified atom stereocenters. The number of aromatic nitrogens is 1. The molecular formula is C29H31N3O9S. The lowest BCUT2D eigenvalue weighted by molar-refractivity contribution is -0.385. The van der Waals surface area contributed by atoms with Gasteiger partial charge in [-0.2, -0.15) is 0 Å². The molecule has 1 aromatic heterocycles. The fourth-order valence-corrected chi connectivity index (χ4v) is 5.65. The molecule has 0 spiro atoms. The fraction of sp³-hybridized carbons (Fsp3) is 0.345. The molecule has 0 aliphatic carbocycles. The van der Waals surface area contributed by atoms with Gasteiger partial charge in [0, 0.05) is 17.7 Å². The second-order valence-electron chi connectivity index (χ2n) is 9.40. The van der Waals surface area contributed by atoms with Gasteiger partial charge in [-0.05, 0) is 51.5 Å². The topological polar surface area (TPSA) is 141 Å². The van der Waals surface area contributed by atoms with Crippen molar-refractivity contribution in [3.63, 3.8) is 0 Å². The van der Waals surface area contributed by atoms with E-state index in [2.05, 4.69) is 4.99 Å². The molecule has 2 aromatic carbocycles. The van der Waals surface area contributed by atoms with Gasteiger partial charge in [0.1, 0.15) is 5.75 Å². The first-order chi connectivity index (χ1) is 20.0. The SMILES string of the molecule is CCOC(=O)C1=C(C)N=c2s/c(=C\c3cc([N+](=O)[O-])c(OC)cc3OC)c(=O)n2[C@@H]1c1ccc(OC(C)C)c(OC)c1. The Morgan fingerprint density at radius 1 is 1.10 bits per heavy atom. The number of benzene rings is 2. The standard InChI is InChI=1S/C29H31N3O9S/c1-8-40-28(34)25-16(4)30-29-31(26(25)17-9-10-20(41-15(2)3)23(12-17)39-7)27(33)24(42-29)13-18-11-19(32(35)36)22(38-6)14-21(18)37-5/h9-15,26H,8H2,1-7H3/b24-13-/t26-/m1/s1. The highest BCUT2D eigenvalue weighted by Gasteiger charge is 2.34. The molecule has 2 heterocycles. The normalized spacial score (nSPS) is 14.8. The summed E-state index contributed by atoms with van der Waals surface area (Å²) in [6.07, 6.45) is 1.39. The number of fused-ring (bicyclic) bond motifs is 1. The molecule has 0 fully saturated rings. The molecule has 0 radical (unpaired) electrons. The van der Waals surface area contributed by atoms with E-state index < -0.39 is 22.5 Å². The van der Waals surface area contributed by atoms with E-state index in [1.807, 2.05) is 13.8 Å². The number of ether oxygens (including phenoxy) is 5. The third kappa shape index (κ3) is 5.73. The first-order valence-corrected chi connectivity index (χ1v) is 13.8. The maximum Gasteiger partial charge on any atom is 0.338 e. The van der Waals surface area contributed by atoms with Crippen LogP contribution in [0.1, 0.15) is 44.9 Å². The molecule has 0 saturated heterocycles. The van der Waals surface area contributed by atoms with Crippen LogP contribution in [0.2, 0.25) is 0 Å². The number of carbonyl (C=O) groups excluding carboxylic acids is 1. The molecule has 1 aliphatic rings. The van der Waals surface area contributed by atoms with E-state index in [0.29, 0.717) is 33.1 Å². The molecule has 0 amide bonds. The van der Waals surface area contributed by atoms with Gasteiger partial charge < -0.3 is 23.7 Å². The lowest BCUT2D eigenvalue weighted by Crippen LogP contribution is -2.40. The molecule has 0 bridgehead atoms. The molecule has 3 aromatic rings. The zero-order chi connectivity index (χ0) is 30.7. The number of methoxy groups -OCH3 is 3. The number of nitro groups is 1. The van der Waals surface area contributed by atoms with Crippen molar-refractivity contribution in [2.75, 3.05) is 27.9 Å². The molecule has 0 saturated carbocycles. The van der Waals surface area contributed by atoms with Gasteiger partial charge >= 0.3 is 11.7 Å². The monoisotopic (exact) mass is 597 g/mol. The summed E-state index contributed by atoms with van der Waals surface area (Å²) in [4.78, 5) is 43.2. The van der Waals surface area contributed by atoms with Gasteiger partial charge in [0.15, 0.2) is 16.3 Å². The summed E-state index contributed by atoms with van der Waals surface area (Å²) in [5.41, 5.74) is 0.723. The number of thiazole rings is 1. The average Bonchev–Trinajstić information content (AvgIpc) is 3.25. The number of nitro benzene ring substituents is 1. The number of hydrogen-bond donors (Lipinski definition) is 0. The van der Waals surface area contributed by atoms with Crippen LogP contribution in [0.25, 0.3) is 6.08 Å². The second-order valence-corrected chi connectivity index (χ2v) is 10.4. The zero-order valence-corrected chi connectivity index (χ0v) is 25.1. The minimum atomic E-state index is -0.892. The van der Waals surface area contributed by atoms with Crippen LogP contribution in [0.5, 0.6) is 23.0 Å². The first-order valence-electron chi connectivity index (χ1n) is 13.0. The molecule has 13 heteroatoms. The van der Waals surface area contributed by atoms with Crippen LogP contribution in [-0.2, 0) is 9.53 Å². The Labute approximate surface area is 245 Å². The summed E-state index contributed by atoms with van der Waals surface area (Å²) >= 11 is 1.08. The minimum absolute atomic E-state index is 0.0176. The zero-order valence-electron chi connectivity index (χ0n) is 24.3. The van der Waals surface area contributed by atoms with E-state index in [0.717, 1.165) is 11.3 Å². The Kier molecular flexibility index (Phi) is 9.00. The van der Waals surface area contributed by atoms with Crippen LogP contribution < -0.4 is 33.8 Å². The van der Waals surface area contributed by atoms with Crippen LogP contribution in [0.3, 0.4) is 0 Å². The lowest BCUT2D eigenvalue weighted by Gasteiger charge is -2.25. The number of esters is 1. The van der Waals surface area contributed by atoms with Crippen molar-refractivity contribution in [3.05, 3.63) is 82.5 Å². The Morgan fingerprint density at radius 2 is 1.79 bits per heavy atom. The van der Waals surface area contributed by atoms with E-state index in [9.17, 15) is 19.7 Å². The lowest BCUT2D eigenvalue weighted by atomic mass is 9.95. The Morgan fingerprint density at radius 3 is 2.38 bits per heavy atom. The van der Waals surface area contributed by atoms with Crippen molar-refractivity contribution in [1.29, 1.82) is 0 Å². The van der Waals surface area contributed by atoms with Crippen LogP contribution in [-0.4, -0.2) is 49.5 Å². The highest BCUT2D eigenvalue weighted by atomic mass is 32.1. The quantitative estimate of drug-likeness (QED) is 0.195. The maximum atomic E-state index is 14.0. The summed E-state index contributed by atoms with van der Waals surface area (Å²) < 4.78 is 29.0. The number of nitrogens with zero attached hydrogens (tertiary/aromatic N) is 3. The van der Waals surface area contributed by atoms with E-state index in [-0.39, 0.29) is 40.0 Å². The summed E-state index contributed by atoms with van der Waals surface area (Å²) in [5, 5.41) is 11.7. The summed E-state index contributed by atoms with van der Waals surface area (Å²) in [5.74, 6) is 0.622. The van der Waals surface area contributed by atoms with Crippen LogP contribution >= 0.6 is 11.3 Å². The molecule has 4 rings (SSSR count). The Balaban J connectivity index is 1.98. The largest absolute Gasteiger partial charge is 0.496 e. The van der Waals surface area contributed by atoms with E-state index in [1.54, 1.807) is 32.0 Å². The highest BCUT2D eigenvalue weighted by Crippen LogP contribution is 2.37. The van der Waals surface area contributed by atoms with Crippen molar-refractivity contribution in [1.82, 2.24) is 4.57 Å². The van der Waals surface area contributed by atoms with Crippen molar-refractivity contribution in [2.45, 2.75) is 39.8 Å². The maximum absolute atomic E-state index is 14.0. The molecule has 12 nitrogen and oxygen atoms in total. The molecule has 0 N–H and O–H groups in total. The van der Waals surface area contributed by atoms with Gasteiger partial charge in [-0.1, -0.05) is 17.4 Å². The van der Waals surface area contributed by atoms with Crippen LogP contribution in [0, 0.1) is 10.1 Å². The number of rotatable bonds is 10. The first kappa shape index (κ1) is 30.3. The van der Waals surface area contributed by atoms with Crippen molar-refractivity contribution in [2.24, 2.45) is 4.99 Å². The Bertz CT molecular complexity index is 1750. The van der Waals surface area contributed by atoms with Crippen molar-refractivity contribution in [3.8, 4) is 23.0 Å². The highest BCUT2D eigenvalue weighted by molar-refractivity contribution is 7.07. The van der Waals surface area contributed by atoms with Gasteiger partial charge in [-0.25, -0.2) is 9.79 Å². The third-order valence-electron chi connectivity index (χ3n) is 6.40. The van der Waals surface area contributed by atoms with Gasteiger partial charge in [-0.15, -0.1) is 0 Å². The predicted molar refractivity (Wildman–Crippen MR) is 155 cm³/mol. The number of hydrogen-bond acceptors (Lipinski definition) is 11. The molecule has 42 heavy (non-hydrogen) atoms. The van der Waals surface area contributed by atoms with Crippen LogP contribution in [0.15, 0.2) is 51.4 Å². The Hall–Kier alpha value is -4.65. The second kappa shape index (κ2) is 12.5. The van der Waals surface area contributed by atoms with E-state index >= 15 is 0 Å². The van der Waals surface area contributed by atoms with Gasteiger partial charge in [-0.3, -0.25) is 19.5 Å². The van der Waals surface area contributed by atoms with Crippen molar-refractivity contribution < 1.29 is 33.4 Å². The van der Waals surface area contributed by atoms with Crippen LogP contribution in [0.4, 0.5) is 5.69 Å². The third-order valence-corrected chi connectivity index (χ3v) is 7.38. The number of carbonyl (C=O) groups is 1. The van der Waals surface area contributed by atoms with Crippen molar-refractivity contribution >= 4 is 29.1 Å². The van der Waals surface area contributed by atoms with E-state index in [1.165, 1.54) is 44.1 Å². The number of allylic oxidation sites excluding steroid dienone is 1. The summed E-state index contributed by atoms with van der Waals surface area (Å²) in [6.45, 7) is 7.29. The van der Waals surface area contributed by atoms with Gasteiger partial charge in [0.2, 0.25) is 5.75 Å². The van der Waals surface area contributed by atoms with Gasteiger partial charge in [0.25, 0.3) is 5.56 Å². The summed E-state index contributed by atoms with van der Waals surface area (Å²) in [6, 6.07) is 6.98. The molecule has 222 valence electrons. The molecule has 1 atom stereocenters. The smallest absolute Gasteiger partial charge is 0.338 e. The van der Waals surface area contributed by atoms with E-state index in [4.69, 9.17) is 23.7 Å². The average molecular weight is 598 g/mol. The minimum Gasteiger partial charge on any atom is -0.496 e. The molecular weight excluding hydrogens is 566 g/mol. The fourth-order valence-electron chi connectivity index (χ4n) is 4.62. The molecule has 1 aliphatic heterocycles.